The second-order valence-electron chi connectivity index (χ2n) is 8.77. The molecule has 2 aromatic rings. The lowest BCUT2D eigenvalue weighted by atomic mass is 9.89. The van der Waals surface area contributed by atoms with Gasteiger partial charge in [-0.3, -0.25) is 24.9 Å². The summed E-state index contributed by atoms with van der Waals surface area (Å²) in [5.41, 5.74) is 4.22. The zero-order valence-electron chi connectivity index (χ0n) is 19.4. The van der Waals surface area contributed by atoms with Gasteiger partial charge >= 0.3 is 6.03 Å². The Kier molecular flexibility index (Phi) is 7.34. The standard InChI is InChI=1S/C25H32N6O2/c1-3-20(16-21-6-12-29(13-7-21)18-22-4-10-26-11-5-22)8-15-31-19(2)23(17-27-31)30-14-9-24(32)28-25(30)33/h3-5,8,10-11,15,17,21H,6-7,9,12-14,16,18H2,1-2H3,(H,28,32,33)/b15-8-,20-3+. The van der Waals surface area contributed by atoms with Crippen LogP contribution in [0, 0.1) is 12.8 Å². The summed E-state index contributed by atoms with van der Waals surface area (Å²) < 4.78 is 1.79. The zero-order chi connectivity index (χ0) is 23.2. The third-order valence-corrected chi connectivity index (χ3v) is 6.55. The van der Waals surface area contributed by atoms with E-state index in [0.717, 1.165) is 37.4 Å². The maximum Gasteiger partial charge on any atom is 0.328 e. The number of amides is 3. The van der Waals surface area contributed by atoms with Crippen molar-refractivity contribution in [3.8, 4) is 0 Å². The molecule has 0 radical (unpaired) electrons. The number of likely N-dealkylation sites (tertiary alicyclic amines) is 1. The largest absolute Gasteiger partial charge is 0.328 e. The van der Waals surface area contributed by atoms with Crippen LogP contribution in [0.3, 0.4) is 0 Å². The van der Waals surface area contributed by atoms with Gasteiger partial charge in [-0.05, 0) is 75.9 Å². The second-order valence-corrected chi connectivity index (χ2v) is 8.77. The average molecular weight is 449 g/mol. The number of allylic oxidation sites excluding steroid dienone is 3. The number of rotatable bonds is 7. The number of carbonyl (C=O) groups is 2. The monoisotopic (exact) mass is 448 g/mol. The molecule has 0 spiro atoms. The van der Waals surface area contributed by atoms with Crippen molar-refractivity contribution in [3.05, 3.63) is 59.7 Å². The van der Waals surface area contributed by atoms with Crippen molar-refractivity contribution in [2.24, 2.45) is 5.92 Å². The van der Waals surface area contributed by atoms with E-state index in [1.807, 2.05) is 25.5 Å². The van der Waals surface area contributed by atoms with Crippen LogP contribution < -0.4 is 10.2 Å². The molecule has 3 amide bonds. The minimum atomic E-state index is -0.387. The zero-order valence-corrected chi connectivity index (χ0v) is 19.4. The first-order valence-electron chi connectivity index (χ1n) is 11.6. The first-order chi connectivity index (χ1) is 16.0. The topological polar surface area (TPSA) is 83.4 Å². The summed E-state index contributed by atoms with van der Waals surface area (Å²) in [5.74, 6) is 0.445. The van der Waals surface area contributed by atoms with Crippen LogP contribution in [0.5, 0.6) is 0 Å². The Labute approximate surface area is 195 Å². The average Bonchev–Trinajstić information content (AvgIpc) is 3.18. The van der Waals surface area contributed by atoms with Gasteiger partial charge in [0.25, 0.3) is 0 Å². The van der Waals surface area contributed by atoms with Crippen LogP contribution in [-0.4, -0.2) is 51.2 Å². The molecule has 4 heterocycles. The molecular weight excluding hydrogens is 416 g/mol. The highest BCUT2D eigenvalue weighted by atomic mass is 16.2. The molecule has 2 aliphatic rings. The summed E-state index contributed by atoms with van der Waals surface area (Å²) in [6.07, 6.45) is 15.4. The van der Waals surface area contributed by atoms with Crippen LogP contribution in [0.25, 0.3) is 6.20 Å². The molecule has 2 saturated heterocycles. The van der Waals surface area contributed by atoms with Gasteiger partial charge in [-0.2, -0.15) is 5.10 Å². The van der Waals surface area contributed by atoms with E-state index in [4.69, 9.17) is 0 Å². The van der Waals surface area contributed by atoms with E-state index in [0.29, 0.717) is 18.9 Å². The highest BCUT2D eigenvalue weighted by Gasteiger charge is 2.26. The van der Waals surface area contributed by atoms with Crippen LogP contribution in [0.4, 0.5) is 10.5 Å². The Balaban J connectivity index is 1.31. The number of aromatic nitrogens is 3. The maximum atomic E-state index is 12.1. The number of nitrogens with zero attached hydrogens (tertiary/aromatic N) is 5. The normalized spacial score (nSPS) is 18.8. The van der Waals surface area contributed by atoms with Crippen molar-refractivity contribution < 1.29 is 9.59 Å². The van der Waals surface area contributed by atoms with Gasteiger partial charge in [-0.1, -0.05) is 11.6 Å². The lowest BCUT2D eigenvalue weighted by molar-refractivity contribution is -0.120. The molecule has 8 nitrogen and oxygen atoms in total. The van der Waals surface area contributed by atoms with Gasteiger partial charge in [0.1, 0.15) is 0 Å². The summed E-state index contributed by atoms with van der Waals surface area (Å²) in [4.78, 5) is 31.8. The fourth-order valence-corrected chi connectivity index (χ4v) is 4.50. The first-order valence-corrected chi connectivity index (χ1v) is 11.6. The summed E-state index contributed by atoms with van der Waals surface area (Å²) in [7, 11) is 0. The van der Waals surface area contributed by atoms with Crippen molar-refractivity contribution in [1.82, 2.24) is 25.0 Å². The number of carbonyl (C=O) groups excluding carboxylic acids is 2. The van der Waals surface area contributed by atoms with Gasteiger partial charge in [0.2, 0.25) is 5.91 Å². The van der Waals surface area contributed by atoms with Crippen LogP contribution in [0.15, 0.2) is 48.4 Å². The molecule has 174 valence electrons. The molecule has 0 unspecified atom stereocenters. The summed E-state index contributed by atoms with van der Waals surface area (Å²) >= 11 is 0. The predicted molar refractivity (Wildman–Crippen MR) is 128 cm³/mol. The van der Waals surface area contributed by atoms with E-state index in [9.17, 15) is 9.59 Å². The molecule has 4 rings (SSSR count). The molecule has 8 heteroatoms. The third-order valence-electron chi connectivity index (χ3n) is 6.55. The number of anilines is 1. The molecule has 0 aliphatic carbocycles. The van der Waals surface area contributed by atoms with Crippen LogP contribution in [0.1, 0.15) is 43.9 Å². The fraction of sp³-hybridized carbons (Fsp3) is 0.440. The van der Waals surface area contributed by atoms with Crippen LogP contribution in [0.2, 0.25) is 0 Å². The lowest BCUT2D eigenvalue weighted by Gasteiger charge is -2.32. The maximum absolute atomic E-state index is 12.1. The molecule has 0 bridgehead atoms. The van der Waals surface area contributed by atoms with E-state index in [1.165, 1.54) is 24.0 Å². The predicted octanol–water partition coefficient (Wildman–Crippen LogP) is 3.75. The molecule has 0 saturated carbocycles. The number of piperidine rings is 1. The number of hydrogen-bond donors (Lipinski definition) is 1. The quantitative estimate of drug-likeness (QED) is 0.652. The van der Waals surface area contributed by atoms with Gasteiger partial charge in [0.05, 0.1) is 17.6 Å². The van der Waals surface area contributed by atoms with Crippen LogP contribution in [-0.2, 0) is 11.3 Å². The Morgan fingerprint density at radius 2 is 1.94 bits per heavy atom. The smallest absolute Gasteiger partial charge is 0.299 e. The van der Waals surface area contributed by atoms with Crippen molar-refractivity contribution in [1.29, 1.82) is 0 Å². The molecule has 33 heavy (non-hydrogen) atoms. The molecule has 2 fully saturated rings. The fourth-order valence-electron chi connectivity index (χ4n) is 4.50. The highest BCUT2D eigenvalue weighted by Crippen LogP contribution is 2.26. The highest BCUT2D eigenvalue weighted by molar-refractivity contribution is 6.05. The summed E-state index contributed by atoms with van der Waals surface area (Å²) in [6.45, 7) is 7.63. The Hall–Kier alpha value is -3.26. The van der Waals surface area contributed by atoms with Gasteiger partial charge in [-0.15, -0.1) is 0 Å². The van der Waals surface area contributed by atoms with E-state index < -0.39 is 0 Å². The number of nitrogens with one attached hydrogen (secondary N) is 1. The molecule has 2 aliphatic heterocycles. The Morgan fingerprint density at radius 3 is 2.64 bits per heavy atom. The number of imide groups is 1. The van der Waals surface area contributed by atoms with Crippen molar-refractivity contribution in [2.45, 2.75) is 46.1 Å². The minimum Gasteiger partial charge on any atom is -0.299 e. The first kappa shape index (κ1) is 22.9. The number of urea groups is 1. The second kappa shape index (κ2) is 10.6. The van der Waals surface area contributed by atoms with E-state index in [1.54, 1.807) is 15.8 Å². The van der Waals surface area contributed by atoms with E-state index in [-0.39, 0.29) is 11.9 Å². The molecule has 2 aromatic heterocycles. The molecule has 1 N–H and O–H groups in total. The Bertz CT molecular complexity index is 1030. The van der Waals surface area contributed by atoms with Gasteiger partial charge < -0.3 is 0 Å². The number of pyridine rings is 1. The van der Waals surface area contributed by atoms with Gasteiger partial charge in [0, 0.05) is 38.1 Å². The van der Waals surface area contributed by atoms with E-state index >= 15 is 0 Å². The van der Waals surface area contributed by atoms with Crippen LogP contribution >= 0.6 is 0 Å². The van der Waals surface area contributed by atoms with Crippen molar-refractivity contribution >= 4 is 23.8 Å². The molecular formula is C25H32N6O2. The lowest BCUT2D eigenvalue weighted by Crippen LogP contribution is -2.49. The molecule has 0 aromatic carbocycles. The van der Waals surface area contributed by atoms with Gasteiger partial charge in [-0.25, -0.2) is 9.48 Å². The van der Waals surface area contributed by atoms with Crippen molar-refractivity contribution in [2.75, 3.05) is 24.5 Å². The minimum absolute atomic E-state index is 0.234. The third kappa shape index (κ3) is 5.76. The summed E-state index contributed by atoms with van der Waals surface area (Å²) in [5, 5.41) is 6.80. The van der Waals surface area contributed by atoms with Crippen molar-refractivity contribution in [3.63, 3.8) is 0 Å². The molecule has 0 atom stereocenters. The summed E-state index contributed by atoms with van der Waals surface area (Å²) in [6, 6.07) is 3.80. The SMILES string of the molecule is C/C=C(\C=C/n1ncc(N2CCC(=O)NC2=O)c1C)CC1CCN(Cc2ccncc2)CC1. The number of hydrogen-bond acceptors (Lipinski definition) is 5. The Morgan fingerprint density at radius 1 is 1.18 bits per heavy atom. The van der Waals surface area contributed by atoms with Gasteiger partial charge in [0.15, 0.2) is 0 Å². The van der Waals surface area contributed by atoms with E-state index in [2.05, 4.69) is 51.5 Å².